The highest BCUT2D eigenvalue weighted by Crippen LogP contribution is 2.65. The monoisotopic (exact) mass is 591 g/mol. The van der Waals surface area contributed by atoms with E-state index in [1.54, 1.807) is 6.07 Å². The zero-order chi connectivity index (χ0) is 30.7. The molecule has 1 aromatic rings. The minimum atomic E-state index is -2.44. The van der Waals surface area contributed by atoms with Crippen LogP contribution in [0.15, 0.2) is 24.0 Å². The number of nitrogens with zero attached hydrogens (tertiary/aromatic N) is 1. The molecule has 2 bridgehead atoms. The zero-order valence-corrected chi connectivity index (χ0v) is 23.4. The number of carboxylic acids is 1. The molecule has 8 atom stereocenters. The van der Waals surface area contributed by atoms with E-state index in [1.807, 2.05) is 13.1 Å². The van der Waals surface area contributed by atoms with Gasteiger partial charge in [-0.25, -0.2) is 19.2 Å². The molecule has 1 saturated heterocycles. The number of aliphatic hydroxyl groups excluding tert-OH is 2. The SMILES string of the molecule is COc1ccc2c3c1O[C@H]1C(OC(=O)[C@H](O)[C@@H](O)C(=O)OC(C)C(=O)OC(C)C(=O)O)=CC[C@@]4(O)[C@@H](C2)N(C)CC[C@]314. The van der Waals surface area contributed by atoms with Crippen LogP contribution in [0, 0.1) is 0 Å². The molecule has 0 saturated carbocycles. The van der Waals surface area contributed by atoms with Crippen molar-refractivity contribution < 1.29 is 63.3 Å². The van der Waals surface area contributed by atoms with E-state index in [1.165, 1.54) is 13.2 Å². The normalized spacial score (nSPS) is 29.9. The van der Waals surface area contributed by atoms with Gasteiger partial charge in [-0.05, 0) is 58.0 Å². The summed E-state index contributed by atoms with van der Waals surface area (Å²) >= 11 is 0. The van der Waals surface area contributed by atoms with E-state index in [0.29, 0.717) is 30.9 Å². The third-order valence-corrected chi connectivity index (χ3v) is 8.82. The topological polar surface area (TPSA) is 199 Å². The number of aliphatic hydroxyl groups is 3. The van der Waals surface area contributed by atoms with Crippen LogP contribution in [0.4, 0.5) is 0 Å². The maximum Gasteiger partial charge on any atom is 0.347 e. The van der Waals surface area contributed by atoms with E-state index in [4.69, 9.17) is 24.1 Å². The Morgan fingerprint density at radius 1 is 1.05 bits per heavy atom. The van der Waals surface area contributed by atoms with Gasteiger partial charge in [0, 0.05) is 18.0 Å². The predicted molar refractivity (Wildman–Crippen MR) is 138 cm³/mol. The van der Waals surface area contributed by atoms with Gasteiger partial charge in [-0.1, -0.05) is 6.07 Å². The second-order valence-corrected chi connectivity index (χ2v) is 11.1. The van der Waals surface area contributed by atoms with Crippen molar-refractivity contribution in [3.8, 4) is 11.5 Å². The lowest BCUT2D eigenvalue weighted by Gasteiger charge is -2.61. The molecule has 1 fully saturated rings. The molecule has 14 heteroatoms. The quantitative estimate of drug-likeness (QED) is 0.205. The summed E-state index contributed by atoms with van der Waals surface area (Å²) in [7, 11) is 3.44. The lowest BCUT2D eigenvalue weighted by Crippen LogP contribution is -2.74. The first-order valence-electron chi connectivity index (χ1n) is 13.5. The van der Waals surface area contributed by atoms with Gasteiger partial charge in [-0.2, -0.15) is 0 Å². The first-order valence-corrected chi connectivity index (χ1v) is 13.5. The summed E-state index contributed by atoms with van der Waals surface area (Å²) in [6.45, 7) is 2.78. The number of methoxy groups -OCH3 is 1. The molecule has 4 aliphatic rings. The van der Waals surface area contributed by atoms with Crippen LogP contribution < -0.4 is 9.47 Å². The molecule has 0 amide bonds. The van der Waals surface area contributed by atoms with E-state index in [2.05, 4.69) is 9.64 Å². The minimum absolute atomic E-state index is 0.00157. The Labute approximate surface area is 240 Å². The predicted octanol–water partition coefficient (Wildman–Crippen LogP) is -0.814. The van der Waals surface area contributed by atoms with E-state index in [0.717, 1.165) is 25.0 Å². The Hall–Kier alpha value is -3.72. The molecular weight excluding hydrogens is 558 g/mol. The van der Waals surface area contributed by atoms with Gasteiger partial charge in [-0.15, -0.1) is 0 Å². The number of rotatable bonds is 9. The lowest BCUT2D eigenvalue weighted by molar-refractivity contribution is -0.185. The number of hydrogen-bond acceptors (Lipinski definition) is 13. The number of carbonyl (C=O) groups excluding carboxylic acids is 3. The summed E-state index contributed by atoms with van der Waals surface area (Å²) in [6.07, 6.45) is -6.33. The first-order chi connectivity index (χ1) is 19.8. The third kappa shape index (κ3) is 4.32. The Kier molecular flexibility index (Phi) is 7.46. The summed E-state index contributed by atoms with van der Waals surface area (Å²) in [5, 5.41) is 41.8. The number of carbonyl (C=O) groups is 4. The molecule has 5 rings (SSSR count). The number of carboxylic acid groups (broad SMARTS) is 1. The number of piperidine rings is 1. The van der Waals surface area contributed by atoms with Gasteiger partial charge in [0.2, 0.25) is 0 Å². The fraction of sp³-hybridized carbons (Fsp3) is 0.571. The van der Waals surface area contributed by atoms with Crippen molar-refractivity contribution in [2.24, 2.45) is 0 Å². The van der Waals surface area contributed by atoms with Crippen LogP contribution in [0.3, 0.4) is 0 Å². The summed E-state index contributed by atoms with van der Waals surface area (Å²) in [4.78, 5) is 50.3. The molecule has 2 heterocycles. The minimum Gasteiger partial charge on any atom is -0.493 e. The number of likely N-dealkylation sites (N-methyl/N-ethyl adjacent to an activating group) is 1. The van der Waals surface area contributed by atoms with Gasteiger partial charge >= 0.3 is 23.9 Å². The maximum atomic E-state index is 13.0. The Balaban J connectivity index is 1.34. The standard InChI is InChI=1S/C28H33NO13/c1-12(23(32)33)39-24(34)13(2)40-25(35)19(30)20(31)26(36)41-16-7-8-28(37)17-11-14-5-6-15(38-4)21-18(14)27(28,22(16)42-21)9-10-29(17)3/h5-7,12-13,17,19-20,22,30-31,37H,8-11H2,1-4H3,(H,32,33)/t12?,13?,17-,19-,20-,22+,27+,28-/m1/s1. The average Bonchev–Trinajstić information content (AvgIpc) is 3.31. The Morgan fingerprint density at radius 3 is 2.38 bits per heavy atom. The zero-order valence-electron chi connectivity index (χ0n) is 23.4. The van der Waals surface area contributed by atoms with Gasteiger partial charge in [0.1, 0.15) is 5.76 Å². The average molecular weight is 592 g/mol. The molecule has 4 N–H and O–H groups in total. The van der Waals surface area contributed by atoms with Gasteiger partial charge in [0.25, 0.3) is 0 Å². The number of aliphatic carboxylic acids is 1. The number of likely N-dealkylation sites (tertiary alicyclic amines) is 1. The van der Waals surface area contributed by atoms with E-state index in [-0.39, 0.29) is 18.2 Å². The van der Waals surface area contributed by atoms with Crippen molar-refractivity contribution in [1.29, 1.82) is 0 Å². The van der Waals surface area contributed by atoms with Crippen LogP contribution in [-0.4, -0.2) is 112 Å². The Bertz CT molecular complexity index is 1360. The molecule has 2 aliphatic heterocycles. The molecular formula is C28H33NO13. The largest absolute Gasteiger partial charge is 0.493 e. The van der Waals surface area contributed by atoms with Crippen molar-refractivity contribution in [3.05, 3.63) is 35.1 Å². The molecule has 0 radical (unpaired) electrons. The highest BCUT2D eigenvalue weighted by Gasteiger charge is 2.72. The molecule has 228 valence electrons. The summed E-state index contributed by atoms with van der Waals surface area (Å²) in [5.41, 5.74) is -0.485. The second kappa shape index (κ2) is 10.5. The van der Waals surface area contributed by atoms with Gasteiger partial charge < -0.3 is 49.0 Å². The molecule has 0 aromatic heterocycles. The third-order valence-electron chi connectivity index (χ3n) is 8.82. The van der Waals surface area contributed by atoms with Crippen LogP contribution >= 0.6 is 0 Å². The van der Waals surface area contributed by atoms with Crippen LogP contribution in [0.5, 0.6) is 11.5 Å². The highest BCUT2D eigenvalue weighted by molar-refractivity contribution is 5.88. The molecule has 2 aliphatic carbocycles. The number of ether oxygens (including phenoxy) is 5. The number of esters is 3. The second-order valence-electron chi connectivity index (χ2n) is 11.1. The van der Waals surface area contributed by atoms with Gasteiger partial charge in [0.05, 0.1) is 18.1 Å². The van der Waals surface area contributed by atoms with E-state index >= 15 is 0 Å². The fourth-order valence-corrected chi connectivity index (χ4v) is 6.63. The smallest absolute Gasteiger partial charge is 0.347 e. The van der Waals surface area contributed by atoms with Crippen LogP contribution in [0.2, 0.25) is 0 Å². The van der Waals surface area contributed by atoms with Crippen LogP contribution in [-0.2, 0) is 45.2 Å². The molecule has 1 spiro atoms. The first kappa shape index (κ1) is 29.8. The fourth-order valence-electron chi connectivity index (χ4n) is 6.63. The Morgan fingerprint density at radius 2 is 1.71 bits per heavy atom. The van der Waals surface area contributed by atoms with Crippen molar-refractivity contribution in [2.45, 2.75) is 80.7 Å². The summed E-state index contributed by atoms with van der Waals surface area (Å²) in [6, 6.07) is 3.47. The van der Waals surface area contributed by atoms with Crippen molar-refractivity contribution in [1.82, 2.24) is 4.90 Å². The number of benzene rings is 1. The van der Waals surface area contributed by atoms with Gasteiger partial charge in [-0.3, -0.25) is 0 Å². The molecule has 14 nitrogen and oxygen atoms in total. The van der Waals surface area contributed by atoms with Crippen LogP contribution in [0.25, 0.3) is 0 Å². The summed E-state index contributed by atoms with van der Waals surface area (Å²) < 4.78 is 26.7. The molecule has 1 aromatic carbocycles. The van der Waals surface area contributed by atoms with E-state index in [9.17, 15) is 34.5 Å². The van der Waals surface area contributed by atoms with Crippen molar-refractivity contribution in [3.63, 3.8) is 0 Å². The maximum absolute atomic E-state index is 13.0. The van der Waals surface area contributed by atoms with Crippen molar-refractivity contribution >= 4 is 23.9 Å². The summed E-state index contributed by atoms with van der Waals surface area (Å²) in [5.74, 6) is -4.69. The highest BCUT2D eigenvalue weighted by atomic mass is 16.6. The van der Waals surface area contributed by atoms with E-state index < -0.39 is 65.4 Å². The lowest BCUT2D eigenvalue weighted by atomic mass is 9.50. The molecule has 42 heavy (non-hydrogen) atoms. The van der Waals surface area contributed by atoms with Crippen LogP contribution in [0.1, 0.15) is 37.8 Å². The number of hydrogen-bond donors (Lipinski definition) is 4. The van der Waals surface area contributed by atoms with Gasteiger partial charge in [0.15, 0.2) is 42.0 Å². The molecule has 2 unspecified atom stereocenters. The van der Waals surface area contributed by atoms with Crippen molar-refractivity contribution in [2.75, 3.05) is 20.7 Å².